The van der Waals surface area contributed by atoms with Crippen molar-refractivity contribution < 1.29 is 14.6 Å². The van der Waals surface area contributed by atoms with Gasteiger partial charge in [0.25, 0.3) is 0 Å². The summed E-state index contributed by atoms with van der Waals surface area (Å²) in [5.41, 5.74) is 0.781. The van der Waals surface area contributed by atoms with Crippen molar-refractivity contribution in [2.24, 2.45) is 4.99 Å². The Morgan fingerprint density at radius 3 is 2.87 bits per heavy atom. The van der Waals surface area contributed by atoms with Crippen LogP contribution in [0.4, 0.5) is 0 Å². The van der Waals surface area contributed by atoms with E-state index in [1.165, 1.54) is 0 Å². The van der Waals surface area contributed by atoms with Crippen LogP contribution in [0, 0.1) is 6.92 Å². The fourth-order valence-corrected chi connectivity index (χ4v) is 2.47. The number of aryl methyl sites for hydroxylation is 1. The van der Waals surface area contributed by atoms with E-state index in [9.17, 15) is 14.6 Å². The third-order valence-corrected chi connectivity index (χ3v) is 3.69. The van der Waals surface area contributed by atoms with Gasteiger partial charge in [-0.3, -0.25) is 0 Å². The zero-order chi connectivity index (χ0) is 16.8. The Balaban J connectivity index is 1.95. The number of nitrogens with zero attached hydrogens (tertiary/aromatic N) is 4. The van der Waals surface area contributed by atoms with Gasteiger partial charge in [-0.1, -0.05) is 0 Å². The third-order valence-electron chi connectivity index (χ3n) is 3.69. The number of hydrogen-bond donors (Lipinski definition) is 1. The van der Waals surface area contributed by atoms with Crippen molar-refractivity contribution in [3.05, 3.63) is 29.9 Å². The minimum absolute atomic E-state index is 0.0259. The molecular formula is C15H19BN4O3. The Morgan fingerprint density at radius 2 is 2.22 bits per heavy atom. The molecule has 1 fully saturated rings. The number of aliphatic hydroxyl groups is 1. The third kappa shape index (κ3) is 4.62. The number of hydrogen-bond acceptors (Lipinski definition) is 6. The summed E-state index contributed by atoms with van der Waals surface area (Å²) in [5.74, 6) is 0.517. The Labute approximate surface area is 135 Å². The fourth-order valence-electron chi connectivity index (χ4n) is 2.47. The standard InChI is InChI=1S/C15H19BN4O3/c1-10-5-14(19-9-16-23)15(22)20(10)8-13(21)4-3-12-6-17-11(2)18-7-12/h3-4,6-7,9-10,13-14,21H,5,8H2,1-2H3/t10-,13+,14+/m1/s1. The van der Waals surface area contributed by atoms with Gasteiger partial charge in [-0.15, -0.1) is 0 Å². The van der Waals surface area contributed by atoms with Gasteiger partial charge in [0.2, 0.25) is 0 Å². The predicted octanol–water partition coefficient (Wildman–Crippen LogP) is 0.227. The SMILES string of the molecule is Cc1ncc(C=C[C@H](O)CN2C(=O)[C@@H](N=CB=O)C[C@H]2C)cn1. The van der Waals surface area contributed by atoms with E-state index in [2.05, 4.69) is 15.0 Å². The van der Waals surface area contributed by atoms with E-state index in [1.54, 1.807) is 36.4 Å². The van der Waals surface area contributed by atoms with Crippen LogP contribution in [0.3, 0.4) is 0 Å². The average Bonchev–Trinajstić information content (AvgIpc) is 2.80. The summed E-state index contributed by atoms with van der Waals surface area (Å²) >= 11 is 0. The maximum atomic E-state index is 12.2. The molecule has 1 aliphatic heterocycles. The topological polar surface area (TPSA) is 95.8 Å². The second-order valence-electron chi connectivity index (χ2n) is 5.52. The van der Waals surface area contributed by atoms with E-state index < -0.39 is 12.1 Å². The van der Waals surface area contributed by atoms with Crippen LogP contribution in [0.25, 0.3) is 6.08 Å². The fraction of sp³-hybridized carbons (Fsp3) is 0.467. The number of β-amino-alcohol motifs (C(OH)–C–C–N with tert-alkyl or cyclic N) is 1. The number of amides is 1. The number of aliphatic imine (C=N–C) groups is 1. The summed E-state index contributed by atoms with van der Waals surface area (Å²) in [6.07, 6.45) is 7.51. The van der Waals surface area contributed by atoms with E-state index in [4.69, 9.17) is 0 Å². The van der Waals surface area contributed by atoms with Crippen LogP contribution < -0.4 is 0 Å². The van der Waals surface area contributed by atoms with Crippen LogP contribution in [0.1, 0.15) is 24.7 Å². The van der Waals surface area contributed by atoms with Crippen molar-refractivity contribution >= 4 is 25.2 Å². The van der Waals surface area contributed by atoms with E-state index in [1.807, 2.05) is 6.92 Å². The molecule has 1 aromatic rings. The van der Waals surface area contributed by atoms with Gasteiger partial charge >= 0.3 is 122 Å². The molecule has 1 aromatic heterocycles. The molecule has 1 amide bonds. The summed E-state index contributed by atoms with van der Waals surface area (Å²) in [6.45, 7) is 3.89. The number of aromatic nitrogens is 2. The number of rotatable bonds is 6. The molecule has 0 unspecified atom stereocenters. The van der Waals surface area contributed by atoms with Gasteiger partial charge in [0.1, 0.15) is 5.82 Å². The van der Waals surface area contributed by atoms with Crippen LogP contribution in [-0.2, 0) is 9.50 Å². The van der Waals surface area contributed by atoms with Crippen molar-refractivity contribution in [3.8, 4) is 0 Å². The van der Waals surface area contributed by atoms with Crippen LogP contribution in [0.2, 0.25) is 0 Å². The quantitative estimate of drug-likeness (QED) is 0.599. The first-order valence-electron chi connectivity index (χ1n) is 7.43. The molecule has 0 bridgehead atoms. The monoisotopic (exact) mass is 314 g/mol. The molecule has 1 N–H and O–H groups in total. The maximum absolute atomic E-state index is 12.2. The Kier molecular flexibility index (Phi) is 5.87. The summed E-state index contributed by atoms with van der Waals surface area (Å²) in [5, 5.41) is 10.1. The molecule has 1 saturated heterocycles. The van der Waals surface area contributed by atoms with Gasteiger partial charge in [-0.2, -0.15) is 0 Å². The second kappa shape index (κ2) is 7.87. The van der Waals surface area contributed by atoms with Crippen molar-refractivity contribution in [2.45, 2.75) is 38.5 Å². The van der Waals surface area contributed by atoms with Gasteiger partial charge < -0.3 is 0 Å². The Bertz CT molecular complexity index is 618. The molecule has 3 atom stereocenters. The number of aliphatic hydroxyl groups excluding tert-OH is 1. The normalized spacial score (nSPS) is 22.9. The van der Waals surface area contributed by atoms with Crippen molar-refractivity contribution in [1.29, 1.82) is 0 Å². The summed E-state index contributed by atoms with van der Waals surface area (Å²) < 4.78 is 10.3. The molecule has 2 heterocycles. The molecule has 0 radical (unpaired) electrons. The van der Waals surface area contributed by atoms with E-state index in [-0.39, 0.29) is 18.5 Å². The van der Waals surface area contributed by atoms with Crippen molar-refractivity contribution in [3.63, 3.8) is 0 Å². The van der Waals surface area contributed by atoms with Gasteiger partial charge in [0.15, 0.2) is 0 Å². The van der Waals surface area contributed by atoms with Crippen LogP contribution in [0.15, 0.2) is 23.5 Å². The van der Waals surface area contributed by atoms with Gasteiger partial charge in [0.05, 0.1) is 0 Å². The van der Waals surface area contributed by atoms with Gasteiger partial charge in [-0.05, 0) is 6.92 Å². The summed E-state index contributed by atoms with van der Waals surface area (Å²) in [4.78, 5) is 25.9. The molecule has 8 heteroatoms. The first kappa shape index (κ1) is 17.1. The second-order valence-corrected chi connectivity index (χ2v) is 5.52. The Morgan fingerprint density at radius 1 is 1.52 bits per heavy atom. The van der Waals surface area contributed by atoms with E-state index >= 15 is 0 Å². The average molecular weight is 314 g/mol. The molecular weight excluding hydrogens is 295 g/mol. The summed E-state index contributed by atoms with van der Waals surface area (Å²) in [7, 11) is 0.557. The zero-order valence-corrected chi connectivity index (χ0v) is 13.2. The van der Waals surface area contributed by atoms with Crippen LogP contribution >= 0.6 is 0 Å². The molecule has 23 heavy (non-hydrogen) atoms. The predicted molar refractivity (Wildman–Crippen MR) is 86.3 cm³/mol. The number of likely N-dealkylation sites (tertiary alicyclic amines) is 1. The van der Waals surface area contributed by atoms with E-state index in [0.717, 1.165) is 11.7 Å². The zero-order valence-electron chi connectivity index (χ0n) is 13.2. The minimum atomic E-state index is -0.795. The van der Waals surface area contributed by atoms with Crippen LogP contribution in [-0.4, -0.2) is 63.9 Å². The first-order chi connectivity index (χ1) is 11.0. The van der Waals surface area contributed by atoms with E-state index in [0.29, 0.717) is 19.4 Å². The summed E-state index contributed by atoms with van der Waals surface area (Å²) in [6, 6.07) is -0.557. The Hall–Kier alpha value is -2.22. The van der Waals surface area contributed by atoms with Crippen LogP contribution in [0.5, 0.6) is 0 Å². The molecule has 2 rings (SSSR count). The molecule has 120 valence electrons. The molecule has 1 aliphatic rings. The first-order valence-corrected chi connectivity index (χ1v) is 7.43. The van der Waals surface area contributed by atoms with Gasteiger partial charge in [0, 0.05) is 0 Å². The molecule has 0 spiro atoms. The number of carbonyl (C=O) groups is 1. The number of carbonyl (C=O) groups excluding carboxylic acids is 1. The molecule has 0 aromatic carbocycles. The molecule has 7 nitrogen and oxygen atoms in total. The van der Waals surface area contributed by atoms with Gasteiger partial charge in [-0.25, -0.2) is 0 Å². The molecule has 0 aliphatic carbocycles. The van der Waals surface area contributed by atoms with Crippen molar-refractivity contribution in [1.82, 2.24) is 14.9 Å². The molecule has 0 saturated carbocycles. The van der Waals surface area contributed by atoms with Crippen molar-refractivity contribution in [2.75, 3.05) is 6.54 Å².